The van der Waals surface area contributed by atoms with Crippen molar-refractivity contribution in [2.75, 3.05) is 13.1 Å². The lowest BCUT2D eigenvalue weighted by atomic mass is 9.89. The molecule has 1 aliphatic heterocycles. The van der Waals surface area contributed by atoms with Crippen molar-refractivity contribution in [3.8, 4) is 0 Å². The van der Waals surface area contributed by atoms with Gasteiger partial charge in [0.1, 0.15) is 5.60 Å². The first-order valence-electron chi connectivity index (χ1n) is 6.91. The molecule has 0 aromatic carbocycles. The second-order valence-corrected chi connectivity index (χ2v) is 6.57. The Morgan fingerprint density at radius 2 is 2.05 bits per heavy atom. The summed E-state index contributed by atoms with van der Waals surface area (Å²) in [6.07, 6.45) is 2.63. The number of ether oxygens (including phenoxy) is 1. The number of rotatable bonds is 1. The first kappa shape index (κ1) is 14.0. The molecule has 1 heterocycles. The standard InChI is InChI=1S/C13H22N4O2/c1-13(2,3)19-12(18)17-5-4-9-6-11(15-16-14)7-10(9)8-17/h9-11H,4-8H2,1-3H3/t9-,10-,11?/m0/s1. The molecule has 0 radical (unpaired) electrons. The SMILES string of the molecule is CC(C)(C)OC(=O)N1CC[C@H]2CC(N=[N+]=[N-])C[C@H]2C1. The molecule has 1 saturated heterocycles. The van der Waals surface area contributed by atoms with E-state index in [1.54, 1.807) is 4.90 Å². The van der Waals surface area contributed by atoms with Gasteiger partial charge in [-0.2, -0.15) is 0 Å². The summed E-state index contributed by atoms with van der Waals surface area (Å²) in [6, 6.07) is 0.110. The van der Waals surface area contributed by atoms with Gasteiger partial charge in [-0.25, -0.2) is 4.79 Å². The van der Waals surface area contributed by atoms with Gasteiger partial charge in [0.25, 0.3) is 0 Å². The average Bonchev–Trinajstić information content (AvgIpc) is 2.68. The quantitative estimate of drug-likeness (QED) is 0.414. The van der Waals surface area contributed by atoms with E-state index in [2.05, 4.69) is 10.0 Å². The van der Waals surface area contributed by atoms with Gasteiger partial charge in [0, 0.05) is 24.0 Å². The molecule has 2 fully saturated rings. The topological polar surface area (TPSA) is 78.3 Å². The van der Waals surface area contributed by atoms with E-state index in [9.17, 15) is 4.79 Å². The Morgan fingerprint density at radius 1 is 1.37 bits per heavy atom. The van der Waals surface area contributed by atoms with Crippen molar-refractivity contribution < 1.29 is 9.53 Å². The third-order valence-electron chi connectivity index (χ3n) is 3.91. The zero-order chi connectivity index (χ0) is 14.0. The van der Waals surface area contributed by atoms with Crippen molar-refractivity contribution in [2.24, 2.45) is 17.0 Å². The minimum Gasteiger partial charge on any atom is -0.444 e. The zero-order valence-electron chi connectivity index (χ0n) is 11.9. The van der Waals surface area contributed by atoms with Gasteiger partial charge >= 0.3 is 6.09 Å². The highest BCUT2D eigenvalue weighted by atomic mass is 16.6. The largest absolute Gasteiger partial charge is 0.444 e. The van der Waals surface area contributed by atoms with Crippen molar-refractivity contribution in [1.29, 1.82) is 0 Å². The van der Waals surface area contributed by atoms with Gasteiger partial charge in [-0.05, 0) is 57.4 Å². The molecule has 0 spiro atoms. The van der Waals surface area contributed by atoms with Crippen molar-refractivity contribution in [3.63, 3.8) is 0 Å². The number of carbonyl (C=O) groups is 1. The third kappa shape index (κ3) is 3.53. The maximum atomic E-state index is 12.0. The number of fused-ring (bicyclic) bond motifs is 1. The molecular formula is C13H22N4O2. The molecule has 6 nitrogen and oxygen atoms in total. The van der Waals surface area contributed by atoms with Crippen LogP contribution in [0.5, 0.6) is 0 Å². The van der Waals surface area contributed by atoms with Crippen LogP contribution in [-0.2, 0) is 4.74 Å². The summed E-state index contributed by atoms with van der Waals surface area (Å²) >= 11 is 0. The average molecular weight is 266 g/mol. The normalized spacial score (nSPS) is 30.5. The number of hydrogen-bond donors (Lipinski definition) is 0. The van der Waals surface area contributed by atoms with E-state index in [1.807, 2.05) is 20.8 Å². The summed E-state index contributed by atoms with van der Waals surface area (Å²) in [5.41, 5.74) is 8.05. The van der Waals surface area contributed by atoms with E-state index < -0.39 is 5.60 Å². The van der Waals surface area contributed by atoms with Crippen molar-refractivity contribution in [3.05, 3.63) is 10.4 Å². The molecule has 1 unspecified atom stereocenters. The van der Waals surface area contributed by atoms with Crippen molar-refractivity contribution in [2.45, 2.75) is 51.7 Å². The predicted molar refractivity (Wildman–Crippen MR) is 71.6 cm³/mol. The first-order chi connectivity index (χ1) is 8.89. The van der Waals surface area contributed by atoms with Gasteiger partial charge in [0.05, 0.1) is 0 Å². The Balaban J connectivity index is 1.92. The highest BCUT2D eigenvalue weighted by Gasteiger charge is 2.39. The molecule has 2 rings (SSSR count). The summed E-state index contributed by atoms with van der Waals surface area (Å²) in [5, 5.41) is 3.82. The Morgan fingerprint density at radius 3 is 2.68 bits per heavy atom. The minimum atomic E-state index is -0.447. The predicted octanol–water partition coefficient (Wildman–Crippen LogP) is 3.33. The molecule has 0 aromatic rings. The lowest BCUT2D eigenvalue weighted by molar-refractivity contribution is 0.0127. The number of nitrogens with zero attached hydrogens (tertiary/aromatic N) is 4. The molecule has 3 atom stereocenters. The number of likely N-dealkylation sites (tertiary alicyclic amines) is 1. The fourth-order valence-electron chi connectivity index (χ4n) is 3.11. The van der Waals surface area contributed by atoms with Gasteiger partial charge in [0.2, 0.25) is 0 Å². The number of piperidine rings is 1. The van der Waals surface area contributed by atoms with E-state index in [0.29, 0.717) is 11.8 Å². The molecule has 2 aliphatic rings. The van der Waals surface area contributed by atoms with Gasteiger partial charge in [-0.15, -0.1) is 0 Å². The van der Waals surface area contributed by atoms with E-state index in [-0.39, 0.29) is 12.1 Å². The highest BCUT2D eigenvalue weighted by molar-refractivity contribution is 5.68. The number of amides is 1. The number of carbonyl (C=O) groups excluding carboxylic acids is 1. The van der Waals surface area contributed by atoms with Crippen molar-refractivity contribution >= 4 is 6.09 Å². The molecule has 0 aromatic heterocycles. The lowest BCUT2D eigenvalue weighted by Gasteiger charge is -2.35. The number of hydrogen-bond acceptors (Lipinski definition) is 3. The molecule has 0 N–H and O–H groups in total. The van der Waals surface area contributed by atoms with Crippen LogP contribution >= 0.6 is 0 Å². The summed E-state index contributed by atoms with van der Waals surface area (Å²) in [5.74, 6) is 1.05. The van der Waals surface area contributed by atoms with Crippen molar-refractivity contribution in [1.82, 2.24) is 4.90 Å². The Kier molecular flexibility index (Phi) is 3.90. The van der Waals surface area contributed by atoms with E-state index in [0.717, 1.165) is 32.4 Å². The smallest absolute Gasteiger partial charge is 0.410 e. The molecule has 1 aliphatic carbocycles. The maximum absolute atomic E-state index is 12.0. The van der Waals surface area contributed by atoms with Crippen LogP contribution in [0, 0.1) is 11.8 Å². The Labute approximate surface area is 113 Å². The van der Waals surface area contributed by atoms with Gasteiger partial charge in [0.15, 0.2) is 0 Å². The first-order valence-corrected chi connectivity index (χ1v) is 6.91. The Hall–Kier alpha value is -1.42. The molecule has 1 amide bonds. The molecule has 19 heavy (non-hydrogen) atoms. The fraction of sp³-hybridized carbons (Fsp3) is 0.923. The Bertz CT molecular complexity index is 398. The summed E-state index contributed by atoms with van der Waals surface area (Å²) < 4.78 is 5.41. The zero-order valence-corrected chi connectivity index (χ0v) is 11.9. The molecule has 0 bridgehead atoms. The van der Waals surface area contributed by atoms with Crippen LogP contribution in [-0.4, -0.2) is 35.7 Å². The van der Waals surface area contributed by atoms with Gasteiger partial charge < -0.3 is 9.64 Å². The summed E-state index contributed by atoms with van der Waals surface area (Å²) in [4.78, 5) is 16.7. The van der Waals surface area contributed by atoms with Crippen LogP contribution in [0.1, 0.15) is 40.0 Å². The van der Waals surface area contributed by atoms with Gasteiger partial charge in [-0.3, -0.25) is 0 Å². The van der Waals surface area contributed by atoms with Crippen LogP contribution in [0.4, 0.5) is 4.79 Å². The molecule has 6 heteroatoms. The monoisotopic (exact) mass is 266 g/mol. The number of azide groups is 1. The summed E-state index contributed by atoms with van der Waals surface area (Å²) in [7, 11) is 0. The highest BCUT2D eigenvalue weighted by Crippen LogP contribution is 2.39. The summed E-state index contributed by atoms with van der Waals surface area (Å²) in [6.45, 7) is 7.12. The van der Waals surface area contributed by atoms with Crippen LogP contribution in [0.15, 0.2) is 5.11 Å². The van der Waals surface area contributed by atoms with Gasteiger partial charge in [-0.1, -0.05) is 5.11 Å². The van der Waals surface area contributed by atoms with Crippen LogP contribution in [0.3, 0.4) is 0 Å². The third-order valence-corrected chi connectivity index (χ3v) is 3.91. The van der Waals surface area contributed by atoms with Crippen LogP contribution in [0.25, 0.3) is 10.4 Å². The molecular weight excluding hydrogens is 244 g/mol. The second-order valence-electron chi connectivity index (χ2n) is 6.57. The maximum Gasteiger partial charge on any atom is 0.410 e. The van der Waals surface area contributed by atoms with Crippen LogP contribution < -0.4 is 0 Å². The molecule has 1 saturated carbocycles. The van der Waals surface area contributed by atoms with E-state index in [4.69, 9.17) is 10.3 Å². The fourth-order valence-corrected chi connectivity index (χ4v) is 3.11. The second kappa shape index (κ2) is 5.29. The van der Waals surface area contributed by atoms with Crippen LogP contribution in [0.2, 0.25) is 0 Å². The molecule has 106 valence electrons. The van der Waals surface area contributed by atoms with E-state index >= 15 is 0 Å². The lowest BCUT2D eigenvalue weighted by Crippen LogP contribution is -2.44. The minimum absolute atomic E-state index is 0.110. The van der Waals surface area contributed by atoms with E-state index in [1.165, 1.54) is 0 Å².